The molecule has 1 aliphatic rings. The number of aromatic nitrogens is 2. The summed E-state index contributed by atoms with van der Waals surface area (Å²) in [5.74, 6) is 1.10. The van der Waals surface area contributed by atoms with Crippen molar-refractivity contribution in [2.24, 2.45) is 5.92 Å². The molecular formula is C22H23ClN4O2. The van der Waals surface area contributed by atoms with Crippen molar-refractivity contribution < 1.29 is 9.32 Å². The summed E-state index contributed by atoms with van der Waals surface area (Å²) in [5, 5.41) is 7.68. The lowest BCUT2D eigenvalue weighted by molar-refractivity contribution is -0.121. The fraction of sp³-hybridized carbons (Fsp3) is 0.318. The van der Waals surface area contributed by atoms with Crippen LogP contribution < -0.4 is 5.32 Å². The molecule has 1 N–H and O–H groups in total. The van der Waals surface area contributed by atoms with Crippen molar-refractivity contribution in [2.75, 3.05) is 18.4 Å². The zero-order valence-corrected chi connectivity index (χ0v) is 17.0. The summed E-state index contributed by atoms with van der Waals surface area (Å²) in [5.41, 5.74) is 2.81. The zero-order chi connectivity index (χ0) is 20.2. The molecule has 1 atom stereocenters. The molecule has 7 heteroatoms. The van der Waals surface area contributed by atoms with Crippen molar-refractivity contribution in [3.05, 3.63) is 65.0 Å². The Morgan fingerprint density at radius 3 is 2.97 bits per heavy atom. The van der Waals surface area contributed by atoms with Gasteiger partial charge in [-0.3, -0.25) is 9.69 Å². The average Bonchev–Trinajstić information content (AvgIpc) is 3.17. The lowest BCUT2D eigenvalue weighted by Crippen LogP contribution is -2.40. The molecule has 0 radical (unpaired) electrons. The fourth-order valence-corrected chi connectivity index (χ4v) is 3.83. The second-order valence-electron chi connectivity index (χ2n) is 7.46. The van der Waals surface area contributed by atoms with Crippen LogP contribution in [0.1, 0.15) is 24.3 Å². The number of rotatable bonds is 5. The number of nitrogens with one attached hydrogen (secondary N) is 1. The molecule has 2 aromatic carbocycles. The molecule has 1 amide bonds. The summed E-state index contributed by atoms with van der Waals surface area (Å²) in [6.07, 6.45) is 1.81. The molecule has 150 valence electrons. The van der Waals surface area contributed by atoms with Gasteiger partial charge in [-0.05, 0) is 50.6 Å². The van der Waals surface area contributed by atoms with Gasteiger partial charge in [0.15, 0.2) is 0 Å². The zero-order valence-electron chi connectivity index (χ0n) is 16.3. The summed E-state index contributed by atoms with van der Waals surface area (Å²) >= 11 is 6.00. The molecule has 1 aliphatic heterocycles. The van der Waals surface area contributed by atoms with Gasteiger partial charge in [-0.2, -0.15) is 4.98 Å². The van der Waals surface area contributed by atoms with E-state index in [0.717, 1.165) is 36.2 Å². The molecule has 0 aliphatic carbocycles. The molecule has 1 saturated heterocycles. The van der Waals surface area contributed by atoms with Gasteiger partial charge in [-0.1, -0.05) is 46.6 Å². The van der Waals surface area contributed by atoms with Crippen molar-refractivity contribution in [3.63, 3.8) is 0 Å². The molecule has 3 aromatic rings. The van der Waals surface area contributed by atoms with E-state index in [1.807, 2.05) is 43.3 Å². The maximum absolute atomic E-state index is 12.7. The minimum atomic E-state index is -0.0816. The third-order valence-electron chi connectivity index (χ3n) is 5.07. The number of carbonyl (C=O) groups excluding carboxylic acids is 1. The minimum absolute atomic E-state index is 0.0166. The predicted octanol–water partition coefficient (Wildman–Crippen LogP) is 4.55. The van der Waals surface area contributed by atoms with E-state index in [1.54, 1.807) is 12.1 Å². The second-order valence-corrected chi connectivity index (χ2v) is 7.89. The highest BCUT2D eigenvalue weighted by Crippen LogP contribution is 2.23. The van der Waals surface area contributed by atoms with E-state index in [2.05, 4.69) is 20.4 Å². The maximum Gasteiger partial charge on any atom is 0.241 e. The third kappa shape index (κ3) is 5.02. The molecule has 29 heavy (non-hydrogen) atoms. The van der Waals surface area contributed by atoms with E-state index < -0.39 is 0 Å². The van der Waals surface area contributed by atoms with Crippen LogP contribution >= 0.6 is 11.6 Å². The molecule has 6 nitrogen and oxygen atoms in total. The van der Waals surface area contributed by atoms with Gasteiger partial charge < -0.3 is 9.84 Å². The van der Waals surface area contributed by atoms with Crippen molar-refractivity contribution in [3.8, 4) is 11.4 Å². The fourth-order valence-electron chi connectivity index (χ4n) is 3.64. The van der Waals surface area contributed by atoms with Crippen molar-refractivity contribution in [1.82, 2.24) is 15.0 Å². The Hall–Kier alpha value is -2.70. The van der Waals surface area contributed by atoms with E-state index in [-0.39, 0.29) is 11.8 Å². The van der Waals surface area contributed by atoms with Gasteiger partial charge >= 0.3 is 0 Å². The normalized spacial score (nSPS) is 17.2. The largest absolute Gasteiger partial charge is 0.338 e. The number of anilines is 1. The van der Waals surface area contributed by atoms with Crippen LogP contribution in [0.25, 0.3) is 11.4 Å². The van der Waals surface area contributed by atoms with Crippen LogP contribution in [-0.2, 0) is 11.3 Å². The number of nitrogens with zero attached hydrogens (tertiary/aromatic N) is 3. The number of halogens is 1. The first kappa shape index (κ1) is 19.6. The van der Waals surface area contributed by atoms with Gasteiger partial charge in [-0.25, -0.2) is 0 Å². The van der Waals surface area contributed by atoms with Crippen molar-refractivity contribution in [2.45, 2.75) is 26.3 Å². The third-order valence-corrected chi connectivity index (χ3v) is 5.31. The Kier molecular flexibility index (Phi) is 5.92. The molecule has 1 unspecified atom stereocenters. The number of piperidine rings is 1. The highest BCUT2D eigenvalue weighted by Gasteiger charge is 2.27. The standard InChI is InChI=1S/C22H23ClN4O2/c1-15-5-2-6-16(11-15)21-25-20(29-26-21)14-27-10-4-7-17(13-27)22(28)24-19-9-3-8-18(23)12-19/h2-3,5-6,8-9,11-12,17H,4,7,10,13-14H2,1H3,(H,24,28). The topological polar surface area (TPSA) is 71.3 Å². The number of carbonyl (C=O) groups is 1. The van der Waals surface area contributed by atoms with Crippen molar-refractivity contribution >= 4 is 23.2 Å². The van der Waals surface area contributed by atoms with Gasteiger partial charge in [-0.15, -0.1) is 0 Å². The quantitative estimate of drug-likeness (QED) is 0.668. The number of likely N-dealkylation sites (tertiary alicyclic amines) is 1. The lowest BCUT2D eigenvalue weighted by atomic mass is 9.97. The first-order chi connectivity index (χ1) is 14.1. The van der Waals surface area contributed by atoms with Crippen LogP contribution in [-0.4, -0.2) is 34.0 Å². The SMILES string of the molecule is Cc1cccc(-c2noc(CN3CCCC(C(=O)Nc4cccc(Cl)c4)C3)n2)c1. The number of hydrogen-bond acceptors (Lipinski definition) is 5. The molecule has 1 fully saturated rings. The smallest absolute Gasteiger partial charge is 0.241 e. The summed E-state index contributed by atoms with van der Waals surface area (Å²) in [6.45, 7) is 4.14. The van der Waals surface area contributed by atoms with Crippen molar-refractivity contribution in [1.29, 1.82) is 0 Å². The number of benzene rings is 2. The number of hydrogen-bond donors (Lipinski definition) is 1. The lowest BCUT2D eigenvalue weighted by Gasteiger charge is -2.30. The van der Waals surface area contributed by atoms with Gasteiger partial charge in [0.25, 0.3) is 0 Å². The first-order valence-electron chi connectivity index (χ1n) is 9.75. The van der Waals surface area contributed by atoms with Gasteiger partial charge in [0.1, 0.15) is 0 Å². The molecular weight excluding hydrogens is 388 g/mol. The summed E-state index contributed by atoms with van der Waals surface area (Å²) in [6, 6.07) is 15.2. The van der Waals surface area contributed by atoms with Crippen LogP contribution in [0.2, 0.25) is 5.02 Å². The Bertz CT molecular complexity index is 1000. The van der Waals surface area contributed by atoms with Gasteiger partial charge in [0.2, 0.25) is 17.6 Å². The first-order valence-corrected chi connectivity index (χ1v) is 10.1. The van der Waals surface area contributed by atoms with Gasteiger partial charge in [0, 0.05) is 22.8 Å². The molecule has 0 saturated carbocycles. The average molecular weight is 411 g/mol. The second kappa shape index (κ2) is 8.76. The monoisotopic (exact) mass is 410 g/mol. The highest BCUT2D eigenvalue weighted by molar-refractivity contribution is 6.30. The van der Waals surface area contributed by atoms with E-state index in [0.29, 0.717) is 29.8 Å². The van der Waals surface area contributed by atoms with E-state index in [9.17, 15) is 4.79 Å². The number of aryl methyl sites for hydroxylation is 1. The molecule has 1 aromatic heterocycles. The van der Waals surface area contributed by atoms with E-state index >= 15 is 0 Å². The Morgan fingerprint density at radius 2 is 2.14 bits per heavy atom. The summed E-state index contributed by atoms with van der Waals surface area (Å²) in [7, 11) is 0. The van der Waals surface area contributed by atoms with E-state index in [1.165, 1.54) is 0 Å². The van der Waals surface area contributed by atoms with Crippen LogP contribution in [0.3, 0.4) is 0 Å². The van der Waals surface area contributed by atoms with E-state index in [4.69, 9.17) is 16.1 Å². The predicted molar refractivity (Wildman–Crippen MR) is 113 cm³/mol. The molecule has 0 spiro atoms. The highest BCUT2D eigenvalue weighted by atomic mass is 35.5. The van der Waals surface area contributed by atoms with Gasteiger partial charge in [0.05, 0.1) is 12.5 Å². The Morgan fingerprint density at radius 1 is 1.28 bits per heavy atom. The minimum Gasteiger partial charge on any atom is -0.338 e. The van der Waals surface area contributed by atoms with Crippen LogP contribution in [0, 0.1) is 12.8 Å². The molecule has 2 heterocycles. The summed E-state index contributed by atoms with van der Waals surface area (Å²) in [4.78, 5) is 19.4. The number of amides is 1. The molecule has 4 rings (SSSR count). The van der Waals surface area contributed by atoms with Crippen LogP contribution in [0.15, 0.2) is 53.1 Å². The van der Waals surface area contributed by atoms with Crippen LogP contribution in [0.5, 0.6) is 0 Å². The Balaban J connectivity index is 1.37. The molecule has 0 bridgehead atoms. The Labute approximate surface area is 174 Å². The van der Waals surface area contributed by atoms with Crippen LogP contribution in [0.4, 0.5) is 5.69 Å². The summed E-state index contributed by atoms with van der Waals surface area (Å²) < 4.78 is 5.45. The maximum atomic E-state index is 12.7.